The van der Waals surface area contributed by atoms with Gasteiger partial charge in [-0.1, -0.05) is 12.1 Å². The number of alkyl halides is 3. The van der Waals surface area contributed by atoms with Crippen molar-refractivity contribution in [1.29, 1.82) is 0 Å². The van der Waals surface area contributed by atoms with Crippen molar-refractivity contribution < 1.29 is 27.0 Å². The van der Waals surface area contributed by atoms with Crippen molar-refractivity contribution in [3.63, 3.8) is 0 Å². The van der Waals surface area contributed by atoms with E-state index in [0.29, 0.717) is 35.3 Å². The molecule has 4 aromatic rings. The quantitative estimate of drug-likeness (QED) is 0.303. The lowest BCUT2D eigenvalue weighted by Gasteiger charge is -2.30. The van der Waals surface area contributed by atoms with Crippen LogP contribution in [0.4, 0.5) is 17.6 Å². The van der Waals surface area contributed by atoms with Crippen LogP contribution in [0.2, 0.25) is 0 Å². The number of nitrogens with two attached hydrogens (primary N) is 1. The first-order valence-electron chi connectivity index (χ1n) is 11.4. The first-order valence-corrected chi connectivity index (χ1v) is 11.4. The van der Waals surface area contributed by atoms with Crippen molar-refractivity contribution in [1.82, 2.24) is 24.5 Å². The van der Waals surface area contributed by atoms with E-state index in [0.717, 1.165) is 0 Å². The number of rotatable bonds is 7. The summed E-state index contributed by atoms with van der Waals surface area (Å²) in [4.78, 5) is 5.94. The van der Waals surface area contributed by atoms with Crippen LogP contribution in [0.3, 0.4) is 0 Å². The number of likely N-dealkylation sites (tertiary alicyclic amines) is 1. The molecule has 0 spiro atoms. The predicted molar refractivity (Wildman–Crippen MR) is 124 cm³/mol. The number of nitrogens with zero attached hydrogens (tertiary/aromatic N) is 5. The molecule has 36 heavy (non-hydrogen) atoms. The topological polar surface area (TPSA) is 90.8 Å². The summed E-state index contributed by atoms with van der Waals surface area (Å²) in [5.74, 6) is -0.0114. The average molecular weight is 504 g/mol. The van der Waals surface area contributed by atoms with Crippen LogP contribution in [0, 0.1) is 5.82 Å². The molecule has 0 aliphatic carbocycles. The summed E-state index contributed by atoms with van der Waals surface area (Å²) in [5.41, 5.74) is 7.03. The van der Waals surface area contributed by atoms with E-state index >= 15 is 0 Å². The van der Waals surface area contributed by atoms with E-state index in [9.17, 15) is 17.6 Å². The van der Waals surface area contributed by atoms with E-state index in [1.807, 2.05) is 0 Å². The molecular weight excluding hydrogens is 480 g/mol. The van der Waals surface area contributed by atoms with Crippen LogP contribution in [0.15, 0.2) is 42.6 Å². The standard InChI is InChI=1S/C24H24F4N6O2/c1-35-8-9-36-19-11-16(25)10-14-2-4-18(30-21(14)19)23-32-31-20-5-3-15(12-34(20)23)22(24(26,27)28)33-7-6-17(29)13-33/h2-5,10-12,17,22H,6-9,13,29H2,1H3. The summed E-state index contributed by atoms with van der Waals surface area (Å²) in [5, 5.41) is 8.77. The summed E-state index contributed by atoms with van der Waals surface area (Å²) >= 11 is 0. The minimum absolute atomic E-state index is 0.0524. The van der Waals surface area contributed by atoms with Crippen LogP contribution in [0.1, 0.15) is 18.0 Å². The molecule has 0 bridgehead atoms. The first-order chi connectivity index (χ1) is 17.2. The molecule has 5 rings (SSSR count). The van der Waals surface area contributed by atoms with E-state index in [-0.39, 0.29) is 42.9 Å². The molecule has 2 N–H and O–H groups in total. The zero-order valence-electron chi connectivity index (χ0n) is 19.4. The Morgan fingerprint density at radius 2 is 1.97 bits per heavy atom. The molecular formula is C24H24F4N6O2. The van der Waals surface area contributed by atoms with Gasteiger partial charge < -0.3 is 15.2 Å². The fourth-order valence-electron chi connectivity index (χ4n) is 4.54. The fraction of sp³-hybridized carbons (Fsp3) is 0.375. The van der Waals surface area contributed by atoms with Crippen molar-refractivity contribution in [3.8, 4) is 17.3 Å². The Bertz CT molecular complexity index is 1390. The Morgan fingerprint density at radius 3 is 2.69 bits per heavy atom. The molecule has 12 heteroatoms. The molecule has 8 nitrogen and oxygen atoms in total. The molecule has 190 valence electrons. The lowest BCUT2D eigenvalue weighted by molar-refractivity contribution is -0.183. The molecule has 0 saturated carbocycles. The summed E-state index contributed by atoms with van der Waals surface area (Å²) < 4.78 is 68.6. The Balaban J connectivity index is 1.58. The maximum Gasteiger partial charge on any atom is 0.408 e. The molecule has 1 aliphatic rings. The van der Waals surface area contributed by atoms with Gasteiger partial charge in [0.25, 0.3) is 0 Å². The second-order valence-corrected chi connectivity index (χ2v) is 8.72. The Labute approximate surface area is 203 Å². The third-order valence-corrected chi connectivity index (χ3v) is 6.17. The van der Waals surface area contributed by atoms with Gasteiger partial charge in [0.15, 0.2) is 11.5 Å². The minimum Gasteiger partial charge on any atom is -0.489 e. The summed E-state index contributed by atoms with van der Waals surface area (Å²) in [6.07, 6.45) is -2.60. The number of hydrogen-bond acceptors (Lipinski definition) is 7. The van der Waals surface area contributed by atoms with Crippen molar-refractivity contribution in [3.05, 3.63) is 54.0 Å². The number of fused-ring (bicyclic) bond motifs is 2. The SMILES string of the molecule is COCCOc1cc(F)cc2ccc(-c3nnc4ccc(C(N5CCC(N)C5)C(F)(F)F)cn34)nc12. The van der Waals surface area contributed by atoms with Gasteiger partial charge in [-0.25, -0.2) is 9.37 Å². The highest BCUT2D eigenvalue weighted by molar-refractivity contribution is 5.86. The van der Waals surface area contributed by atoms with Crippen LogP contribution >= 0.6 is 0 Å². The highest BCUT2D eigenvalue weighted by Gasteiger charge is 2.46. The number of halogens is 4. The predicted octanol–water partition coefficient (Wildman–Crippen LogP) is 3.75. The van der Waals surface area contributed by atoms with Gasteiger partial charge >= 0.3 is 6.18 Å². The van der Waals surface area contributed by atoms with E-state index in [1.54, 1.807) is 12.1 Å². The molecule has 1 aliphatic heterocycles. The Hall–Kier alpha value is -3.35. The summed E-state index contributed by atoms with van der Waals surface area (Å²) in [7, 11) is 1.52. The number of benzene rings is 1. The summed E-state index contributed by atoms with van der Waals surface area (Å²) in [6.45, 7) is 0.910. The number of ether oxygens (including phenoxy) is 2. The highest BCUT2D eigenvalue weighted by Crippen LogP contribution is 2.39. The Kier molecular flexibility index (Phi) is 6.49. The molecule has 4 heterocycles. The Morgan fingerprint density at radius 1 is 1.14 bits per heavy atom. The largest absolute Gasteiger partial charge is 0.489 e. The maximum atomic E-state index is 14.1. The molecule has 2 atom stereocenters. The maximum absolute atomic E-state index is 14.1. The van der Waals surface area contributed by atoms with Gasteiger partial charge in [-0.15, -0.1) is 10.2 Å². The molecule has 1 aromatic carbocycles. The average Bonchev–Trinajstić information content (AvgIpc) is 3.44. The zero-order valence-corrected chi connectivity index (χ0v) is 19.4. The van der Waals surface area contributed by atoms with Crippen LogP contribution in [0.5, 0.6) is 5.75 Å². The molecule has 0 amide bonds. The van der Waals surface area contributed by atoms with Gasteiger partial charge in [0.05, 0.1) is 6.61 Å². The number of aromatic nitrogens is 4. The van der Waals surface area contributed by atoms with Gasteiger partial charge in [-0.3, -0.25) is 9.30 Å². The molecule has 0 radical (unpaired) electrons. The number of methoxy groups -OCH3 is 1. The monoisotopic (exact) mass is 504 g/mol. The van der Waals surface area contributed by atoms with Crippen molar-refractivity contribution in [2.45, 2.75) is 24.7 Å². The van der Waals surface area contributed by atoms with Crippen LogP contribution in [-0.2, 0) is 4.74 Å². The van der Waals surface area contributed by atoms with E-state index < -0.39 is 18.0 Å². The molecule has 2 unspecified atom stereocenters. The van der Waals surface area contributed by atoms with Crippen LogP contribution in [-0.4, -0.2) is 70.1 Å². The van der Waals surface area contributed by atoms with Gasteiger partial charge in [-0.2, -0.15) is 13.2 Å². The second-order valence-electron chi connectivity index (χ2n) is 8.72. The smallest absolute Gasteiger partial charge is 0.408 e. The van der Waals surface area contributed by atoms with Gasteiger partial charge in [-0.05, 0) is 30.2 Å². The zero-order chi connectivity index (χ0) is 25.4. The lowest BCUT2D eigenvalue weighted by atomic mass is 10.1. The van der Waals surface area contributed by atoms with Gasteiger partial charge in [0.1, 0.15) is 35.4 Å². The summed E-state index contributed by atoms with van der Waals surface area (Å²) in [6, 6.07) is 6.62. The second kappa shape index (κ2) is 9.60. The third kappa shape index (κ3) is 4.71. The normalized spacial score (nSPS) is 17.8. The van der Waals surface area contributed by atoms with E-state index in [4.69, 9.17) is 15.2 Å². The minimum atomic E-state index is -4.49. The van der Waals surface area contributed by atoms with Crippen LogP contribution in [0.25, 0.3) is 28.1 Å². The fourth-order valence-corrected chi connectivity index (χ4v) is 4.54. The highest BCUT2D eigenvalue weighted by atomic mass is 19.4. The van der Waals surface area contributed by atoms with Crippen molar-refractivity contribution in [2.75, 3.05) is 33.4 Å². The number of pyridine rings is 2. The molecule has 1 fully saturated rings. The van der Waals surface area contributed by atoms with Crippen molar-refractivity contribution in [2.24, 2.45) is 5.73 Å². The number of hydrogen-bond donors (Lipinski definition) is 1. The van der Waals surface area contributed by atoms with Gasteiger partial charge in [0.2, 0.25) is 0 Å². The van der Waals surface area contributed by atoms with Gasteiger partial charge in [0, 0.05) is 43.9 Å². The van der Waals surface area contributed by atoms with E-state index in [2.05, 4.69) is 15.2 Å². The molecule has 1 saturated heterocycles. The first kappa shape index (κ1) is 24.3. The third-order valence-electron chi connectivity index (χ3n) is 6.17. The van der Waals surface area contributed by atoms with E-state index in [1.165, 1.54) is 46.9 Å². The van der Waals surface area contributed by atoms with Crippen molar-refractivity contribution >= 4 is 16.6 Å². The molecule has 3 aromatic heterocycles. The van der Waals surface area contributed by atoms with Crippen LogP contribution < -0.4 is 10.5 Å². The lowest BCUT2D eigenvalue weighted by Crippen LogP contribution is -2.38.